The molecule has 0 amide bonds. The highest BCUT2D eigenvalue weighted by atomic mass is 79.9. The molecule has 2 aromatic heterocycles. The van der Waals surface area contributed by atoms with Crippen molar-refractivity contribution in [2.75, 3.05) is 11.4 Å². The van der Waals surface area contributed by atoms with Crippen LogP contribution in [0, 0.1) is 0 Å². The van der Waals surface area contributed by atoms with Gasteiger partial charge in [-0.05, 0) is 46.3 Å². The molecular weight excluding hydrogens is 334 g/mol. The average Bonchev–Trinajstić information content (AvgIpc) is 2.83. The molecule has 3 rings (SSSR count). The van der Waals surface area contributed by atoms with Gasteiger partial charge in [0.1, 0.15) is 17.3 Å². The predicted molar refractivity (Wildman–Crippen MR) is 78.5 cm³/mol. The lowest BCUT2D eigenvalue weighted by atomic mass is 10.0. The molecule has 0 aliphatic carbocycles. The van der Waals surface area contributed by atoms with E-state index in [1.54, 1.807) is 0 Å². The molecule has 0 N–H and O–H groups in total. The molecule has 3 nitrogen and oxygen atoms in total. The van der Waals surface area contributed by atoms with Gasteiger partial charge in [0.15, 0.2) is 0 Å². The number of fused-ring (bicyclic) bond motifs is 1. The van der Waals surface area contributed by atoms with Crippen LogP contribution in [0.2, 0.25) is 5.15 Å². The fraction of sp³-hybridized carbons (Fsp3) is 0.333. The summed E-state index contributed by atoms with van der Waals surface area (Å²) >= 11 is 11.4. The van der Waals surface area contributed by atoms with E-state index in [1.165, 1.54) is 16.8 Å². The summed E-state index contributed by atoms with van der Waals surface area (Å²) in [5.74, 6) is 0.874. The molecule has 0 bridgehead atoms. The summed E-state index contributed by atoms with van der Waals surface area (Å²) < 4.78 is 0.775. The number of anilines is 1. The van der Waals surface area contributed by atoms with Crippen LogP contribution in [0.1, 0.15) is 23.4 Å². The highest BCUT2D eigenvalue weighted by Gasteiger charge is 2.27. The molecule has 6 heteroatoms. The van der Waals surface area contributed by atoms with E-state index in [2.05, 4.69) is 49.2 Å². The Morgan fingerprint density at radius 3 is 3.17 bits per heavy atom. The molecule has 3 heterocycles. The summed E-state index contributed by atoms with van der Waals surface area (Å²) in [5.41, 5.74) is 1.40. The second-order valence-electron chi connectivity index (χ2n) is 4.22. The van der Waals surface area contributed by atoms with Gasteiger partial charge in [0.25, 0.3) is 0 Å². The average molecular weight is 345 g/mol. The maximum Gasteiger partial charge on any atom is 0.148 e. The van der Waals surface area contributed by atoms with Crippen LogP contribution < -0.4 is 4.90 Å². The van der Waals surface area contributed by atoms with Crippen molar-refractivity contribution in [3.8, 4) is 0 Å². The molecule has 94 valence electrons. The number of nitrogens with zero attached hydrogens (tertiary/aromatic N) is 3. The van der Waals surface area contributed by atoms with Gasteiger partial charge in [0, 0.05) is 11.4 Å². The van der Waals surface area contributed by atoms with Gasteiger partial charge >= 0.3 is 0 Å². The second-order valence-corrected chi connectivity index (χ2v) is 6.37. The summed E-state index contributed by atoms with van der Waals surface area (Å²) in [7, 11) is 0. The van der Waals surface area contributed by atoms with Crippen LogP contribution >= 0.6 is 38.9 Å². The Morgan fingerprint density at radius 1 is 1.50 bits per heavy atom. The SMILES string of the molecule is CC1c2ccsc2CCN1c1ncnc(Cl)c1Br. The second kappa shape index (κ2) is 4.79. The number of halogens is 2. The summed E-state index contributed by atoms with van der Waals surface area (Å²) in [6, 6.07) is 2.52. The van der Waals surface area contributed by atoms with Gasteiger partial charge in [-0.25, -0.2) is 9.97 Å². The lowest BCUT2D eigenvalue weighted by molar-refractivity contribution is 0.622. The molecule has 2 aromatic rings. The Morgan fingerprint density at radius 2 is 2.33 bits per heavy atom. The van der Waals surface area contributed by atoms with Gasteiger partial charge in [-0.1, -0.05) is 11.6 Å². The van der Waals surface area contributed by atoms with E-state index in [0.717, 1.165) is 23.3 Å². The van der Waals surface area contributed by atoms with Gasteiger partial charge < -0.3 is 4.90 Å². The van der Waals surface area contributed by atoms with Gasteiger partial charge in [0.05, 0.1) is 10.5 Å². The first-order valence-corrected chi connectivity index (χ1v) is 7.72. The maximum atomic E-state index is 6.04. The molecule has 0 spiro atoms. The fourth-order valence-corrected chi connectivity index (χ4v) is 3.86. The topological polar surface area (TPSA) is 29.0 Å². The fourth-order valence-electron chi connectivity index (χ4n) is 2.34. The van der Waals surface area contributed by atoms with E-state index in [4.69, 9.17) is 11.6 Å². The summed E-state index contributed by atoms with van der Waals surface area (Å²) in [6.07, 6.45) is 2.57. The molecule has 0 fully saturated rings. The van der Waals surface area contributed by atoms with Gasteiger partial charge in [-0.3, -0.25) is 0 Å². The van der Waals surface area contributed by atoms with E-state index in [-0.39, 0.29) is 0 Å². The largest absolute Gasteiger partial charge is 0.348 e. The highest BCUT2D eigenvalue weighted by molar-refractivity contribution is 9.10. The van der Waals surface area contributed by atoms with Crippen LogP contribution in [0.25, 0.3) is 0 Å². The minimum Gasteiger partial charge on any atom is -0.348 e. The molecule has 0 radical (unpaired) electrons. The van der Waals surface area contributed by atoms with E-state index in [9.17, 15) is 0 Å². The molecule has 1 unspecified atom stereocenters. The number of aromatic nitrogens is 2. The molecular formula is C12H11BrClN3S. The molecule has 0 saturated heterocycles. The quantitative estimate of drug-likeness (QED) is 0.730. The minimum atomic E-state index is 0.322. The van der Waals surface area contributed by atoms with Crippen molar-refractivity contribution < 1.29 is 0 Å². The zero-order chi connectivity index (χ0) is 12.7. The monoisotopic (exact) mass is 343 g/mol. The van der Waals surface area contributed by atoms with Crippen molar-refractivity contribution in [2.24, 2.45) is 0 Å². The number of hydrogen-bond acceptors (Lipinski definition) is 4. The van der Waals surface area contributed by atoms with Crippen LogP contribution in [0.15, 0.2) is 22.2 Å². The summed E-state index contributed by atoms with van der Waals surface area (Å²) in [6.45, 7) is 3.16. The highest BCUT2D eigenvalue weighted by Crippen LogP contribution is 2.38. The van der Waals surface area contributed by atoms with Crippen LogP contribution in [0.4, 0.5) is 5.82 Å². The number of hydrogen-bond donors (Lipinski definition) is 0. The number of rotatable bonds is 1. The zero-order valence-corrected chi connectivity index (χ0v) is 12.9. The summed E-state index contributed by atoms with van der Waals surface area (Å²) in [4.78, 5) is 12.1. The van der Waals surface area contributed by atoms with Crippen molar-refractivity contribution in [3.63, 3.8) is 0 Å². The molecule has 1 atom stereocenters. The lowest BCUT2D eigenvalue weighted by Gasteiger charge is -2.35. The Kier molecular flexibility index (Phi) is 3.30. The molecule has 0 aromatic carbocycles. The Hall–Kier alpha value is -0.650. The van der Waals surface area contributed by atoms with Gasteiger partial charge in [-0.15, -0.1) is 11.3 Å². The zero-order valence-electron chi connectivity index (χ0n) is 9.73. The van der Waals surface area contributed by atoms with E-state index >= 15 is 0 Å². The maximum absolute atomic E-state index is 6.04. The third-order valence-corrected chi connectivity index (χ3v) is 5.52. The Bertz CT molecular complexity index is 586. The Labute approximate surface area is 123 Å². The third kappa shape index (κ3) is 1.94. The van der Waals surface area contributed by atoms with Crippen molar-refractivity contribution in [1.82, 2.24) is 9.97 Å². The minimum absolute atomic E-state index is 0.322. The summed E-state index contributed by atoms with van der Waals surface area (Å²) in [5, 5.41) is 2.62. The van der Waals surface area contributed by atoms with Crippen LogP contribution in [0.3, 0.4) is 0 Å². The molecule has 1 aliphatic rings. The van der Waals surface area contributed by atoms with Crippen LogP contribution in [-0.4, -0.2) is 16.5 Å². The first-order valence-electron chi connectivity index (χ1n) is 5.67. The molecule has 0 saturated carbocycles. The van der Waals surface area contributed by atoms with Crippen molar-refractivity contribution in [3.05, 3.63) is 37.8 Å². The lowest BCUT2D eigenvalue weighted by Crippen LogP contribution is -2.34. The van der Waals surface area contributed by atoms with Gasteiger partial charge in [-0.2, -0.15) is 0 Å². The van der Waals surface area contributed by atoms with E-state index in [0.29, 0.717) is 11.2 Å². The Balaban J connectivity index is 2.02. The van der Waals surface area contributed by atoms with Crippen molar-refractivity contribution >= 4 is 44.7 Å². The van der Waals surface area contributed by atoms with E-state index < -0.39 is 0 Å². The van der Waals surface area contributed by atoms with Crippen LogP contribution in [0.5, 0.6) is 0 Å². The first-order chi connectivity index (χ1) is 8.68. The standard InChI is InChI=1S/C12H11BrClN3S/c1-7-8-3-5-18-9(8)2-4-17(7)12-10(13)11(14)15-6-16-12/h3,5-7H,2,4H2,1H3. The smallest absolute Gasteiger partial charge is 0.148 e. The van der Waals surface area contributed by atoms with E-state index in [1.807, 2.05) is 11.3 Å². The molecule has 18 heavy (non-hydrogen) atoms. The van der Waals surface area contributed by atoms with Gasteiger partial charge in [0.2, 0.25) is 0 Å². The predicted octanol–water partition coefficient (Wildman–Crippen LogP) is 4.08. The van der Waals surface area contributed by atoms with Crippen LogP contribution in [-0.2, 0) is 6.42 Å². The normalized spacial score (nSPS) is 18.8. The first kappa shape index (κ1) is 12.4. The van der Waals surface area contributed by atoms with Crippen molar-refractivity contribution in [1.29, 1.82) is 0 Å². The third-order valence-electron chi connectivity index (χ3n) is 3.28. The molecule has 1 aliphatic heterocycles. The number of thiophene rings is 1. The van der Waals surface area contributed by atoms with Crippen molar-refractivity contribution in [2.45, 2.75) is 19.4 Å².